The number of H-pyrrole nitrogens is 1. The number of benzene rings is 2. The molecule has 0 bridgehead atoms. The van der Waals surface area contributed by atoms with Crippen LogP contribution >= 0.6 is 0 Å². The van der Waals surface area contributed by atoms with Gasteiger partial charge in [0.2, 0.25) is 11.9 Å². The normalized spacial score (nSPS) is 12.2. The number of anilines is 1. The molecule has 0 fully saturated rings. The lowest BCUT2D eigenvalue weighted by Gasteiger charge is -2.11. The Balaban J connectivity index is 1.43. The minimum absolute atomic E-state index is 0.162. The molecule has 0 radical (unpaired) electrons. The lowest BCUT2D eigenvalue weighted by atomic mass is 10.2. The van der Waals surface area contributed by atoms with E-state index in [0.29, 0.717) is 11.5 Å². The molecule has 2 amide bonds. The molecule has 0 aliphatic rings. The number of nitrogens with one attached hydrogen (secondary N) is 3. The second-order valence-electron chi connectivity index (χ2n) is 5.94. The van der Waals surface area contributed by atoms with Crippen molar-refractivity contribution in [2.75, 3.05) is 5.32 Å². The van der Waals surface area contributed by atoms with Crippen molar-refractivity contribution < 1.29 is 14.0 Å². The van der Waals surface area contributed by atoms with Crippen molar-refractivity contribution in [3.05, 3.63) is 60.4 Å². The van der Waals surface area contributed by atoms with E-state index in [4.69, 9.17) is 4.42 Å². The molecule has 2 heterocycles. The molecule has 0 saturated carbocycles. The summed E-state index contributed by atoms with van der Waals surface area (Å²) in [5.41, 5.74) is 2.19. The van der Waals surface area contributed by atoms with Crippen LogP contribution in [0.2, 0.25) is 0 Å². The van der Waals surface area contributed by atoms with E-state index in [-0.39, 0.29) is 11.7 Å². The molecule has 1 atom stereocenters. The molecule has 7 heteroatoms. The molecular formula is C19H16N4O3. The molecule has 0 saturated heterocycles. The molecule has 0 spiro atoms. The Morgan fingerprint density at radius 1 is 1.12 bits per heavy atom. The molecular weight excluding hydrogens is 332 g/mol. The molecule has 0 aliphatic carbocycles. The Morgan fingerprint density at radius 3 is 2.69 bits per heavy atom. The number of para-hydroxylation sites is 3. The summed E-state index contributed by atoms with van der Waals surface area (Å²) >= 11 is 0. The lowest BCUT2D eigenvalue weighted by Crippen LogP contribution is -2.41. The maximum Gasteiger partial charge on any atom is 0.287 e. The summed E-state index contributed by atoms with van der Waals surface area (Å²) in [6.07, 6.45) is 0. The van der Waals surface area contributed by atoms with E-state index in [2.05, 4.69) is 20.6 Å². The van der Waals surface area contributed by atoms with Gasteiger partial charge in [0.05, 0.1) is 11.0 Å². The first-order valence-corrected chi connectivity index (χ1v) is 8.15. The van der Waals surface area contributed by atoms with Crippen LogP contribution in [-0.4, -0.2) is 27.8 Å². The zero-order valence-corrected chi connectivity index (χ0v) is 13.9. The van der Waals surface area contributed by atoms with Crippen LogP contribution in [0.5, 0.6) is 0 Å². The van der Waals surface area contributed by atoms with E-state index >= 15 is 0 Å². The third kappa shape index (κ3) is 3.02. The SMILES string of the molecule is C[C@H](NC(=O)c1cc2ccccc2o1)C(=O)Nc1nc2ccccc2[nH]1. The van der Waals surface area contributed by atoms with Crippen molar-refractivity contribution in [2.24, 2.45) is 0 Å². The minimum atomic E-state index is -0.760. The summed E-state index contributed by atoms with van der Waals surface area (Å²) in [6, 6.07) is 15.7. The fraction of sp³-hybridized carbons (Fsp3) is 0.105. The summed E-state index contributed by atoms with van der Waals surface area (Å²) in [5.74, 6) is -0.336. The number of aromatic amines is 1. The number of rotatable bonds is 4. The van der Waals surface area contributed by atoms with Crippen LogP contribution in [0.3, 0.4) is 0 Å². The van der Waals surface area contributed by atoms with Gasteiger partial charge in [-0.25, -0.2) is 4.98 Å². The van der Waals surface area contributed by atoms with Gasteiger partial charge in [-0.05, 0) is 31.2 Å². The Morgan fingerprint density at radius 2 is 1.88 bits per heavy atom. The molecule has 3 N–H and O–H groups in total. The van der Waals surface area contributed by atoms with Crippen molar-refractivity contribution in [1.82, 2.24) is 15.3 Å². The number of hydrogen-bond donors (Lipinski definition) is 3. The summed E-state index contributed by atoms with van der Waals surface area (Å²) in [6.45, 7) is 1.60. The number of furan rings is 1. The Bertz CT molecular complexity index is 1050. The van der Waals surface area contributed by atoms with Gasteiger partial charge in [0.25, 0.3) is 5.91 Å². The van der Waals surface area contributed by atoms with Crippen molar-refractivity contribution in [3.8, 4) is 0 Å². The van der Waals surface area contributed by atoms with Gasteiger partial charge in [0.1, 0.15) is 11.6 Å². The molecule has 7 nitrogen and oxygen atoms in total. The van der Waals surface area contributed by atoms with Crippen molar-refractivity contribution in [1.29, 1.82) is 0 Å². The van der Waals surface area contributed by atoms with E-state index in [1.165, 1.54) is 0 Å². The number of imidazole rings is 1. The zero-order chi connectivity index (χ0) is 18.1. The van der Waals surface area contributed by atoms with Crippen molar-refractivity contribution in [2.45, 2.75) is 13.0 Å². The predicted octanol–water partition coefficient (Wildman–Crippen LogP) is 3.07. The van der Waals surface area contributed by atoms with E-state index in [1.54, 1.807) is 19.1 Å². The predicted molar refractivity (Wildman–Crippen MR) is 97.9 cm³/mol. The number of hydrogen-bond acceptors (Lipinski definition) is 4. The van der Waals surface area contributed by atoms with Gasteiger partial charge in [-0.15, -0.1) is 0 Å². The van der Waals surface area contributed by atoms with Gasteiger partial charge >= 0.3 is 0 Å². The third-order valence-corrected chi connectivity index (χ3v) is 4.02. The number of carbonyl (C=O) groups is 2. The van der Waals surface area contributed by atoms with Gasteiger partial charge < -0.3 is 14.7 Å². The van der Waals surface area contributed by atoms with Crippen LogP contribution in [0.15, 0.2) is 59.0 Å². The Labute approximate surface area is 148 Å². The summed E-state index contributed by atoms with van der Waals surface area (Å²) in [7, 11) is 0. The fourth-order valence-electron chi connectivity index (χ4n) is 2.66. The van der Waals surface area contributed by atoms with Crippen LogP contribution in [0.1, 0.15) is 17.5 Å². The van der Waals surface area contributed by atoms with Gasteiger partial charge in [0, 0.05) is 5.39 Å². The molecule has 0 aliphatic heterocycles. The highest BCUT2D eigenvalue weighted by Gasteiger charge is 2.20. The summed E-state index contributed by atoms with van der Waals surface area (Å²) < 4.78 is 5.51. The second kappa shape index (κ2) is 6.36. The number of carbonyl (C=O) groups excluding carboxylic acids is 2. The molecule has 2 aromatic carbocycles. The molecule has 4 aromatic rings. The first-order valence-electron chi connectivity index (χ1n) is 8.15. The molecule has 2 aromatic heterocycles. The molecule has 0 unspecified atom stereocenters. The van der Waals surface area contributed by atoms with Crippen LogP contribution in [0, 0.1) is 0 Å². The first-order chi connectivity index (χ1) is 12.6. The number of fused-ring (bicyclic) bond motifs is 2. The van der Waals surface area contributed by atoms with Crippen LogP contribution in [0.4, 0.5) is 5.95 Å². The molecule has 4 rings (SSSR count). The molecule has 26 heavy (non-hydrogen) atoms. The van der Waals surface area contributed by atoms with Gasteiger partial charge in [-0.3, -0.25) is 14.9 Å². The monoisotopic (exact) mass is 348 g/mol. The lowest BCUT2D eigenvalue weighted by molar-refractivity contribution is -0.117. The van der Waals surface area contributed by atoms with E-state index in [9.17, 15) is 9.59 Å². The second-order valence-corrected chi connectivity index (χ2v) is 5.94. The fourth-order valence-corrected chi connectivity index (χ4v) is 2.66. The number of aromatic nitrogens is 2. The Kier molecular flexibility index (Phi) is 3.89. The quantitative estimate of drug-likeness (QED) is 0.528. The summed E-state index contributed by atoms with van der Waals surface area (Å²) in [4.78, 5) is 31.9. The standard InChI is InChI=1S/C19H16N4O3/c1-11(17(24)23-19-21-13-7-3-4-8-14(13)22-19)20-18(25)16-10-12-6-2-5-9-15(12)26-16/h2-11H,1H3,(H,20,25)(H2,21,22,23,24)/t11-/m0/s1. The van der Waals surface area contributed by atoms with E-state index in [0.717, 1.165) is 16.4 Å². The summed E-state index contributed by atoms with van der Waals surface area (Å²) in [5, 5.41) is 6.12. The number of nitrogens with zero attached hydrogens (tertiary/aromatic N) is 1. The van der Waals surface area contributed by atoms with Gasteiger partial charge in [-0.1, -0.05) is 30.3 Å². The highest BCUT2D eigenvalue weighted by atomic mass is 16.3. The third-order valence-electron chi connectivity index (χ3n) is 4.02. The van der Waals surface area contributed by atoms with Gasteiger partial charge in [0.15, 0.2) is 5.76 Å². The van der Waals surface area contributed by atoms with Crippen LogP contribution < -0.4 is 10.6 Å². The maximum absolute atomic E-state index is 12.3. The smallest absolute Gasteiger partial charge is 0.287 e. The van der Waals surface area contributed by atoms with Crippen LogP contribution in [-0.2, 0) is 4.79 Å². The maximum atomic E-state index is 12.3. The van der Waals surface area contributed by atoms with E-state index < -0.39 is 11.9 Å². The van der Waals surface area contributed by atoms with Crippen molar-refractivity contribution in [3.63, 3.8) is 0 Å². The average Bonchev–Trinajstić information content (AvgIpc) is 3.24. The first kappa shape index (κ1) is 15.9. The number of amides is 2. The zero-order valence-electron chi connectivity index (χ0n) is 13.9. The molecule has 130 valence electrons. The van der Waals surface area contributed by atoms with Crippen molar-refractivity contribution >= 4 is 39.8 Å². The van der Waals surface area contributed by atoms with Gasteiger partial charge in [-0.2, -0.15) is 0 Å². The van der Waals surface area contributed by atoms with E-state index in [1.807, 2.05) is 42.5 Å². The highest BCUT2D eigenvalue weighted by molar-refractivity contribution is 6.01. The Hall–Kier alpha value is -3.61. The largest absolute Gasteiger partial charge is 0.451 e. The topological polar surface area (TPSA) is 100 Å². The average molecular weight is 348 g/mol. The highest BCUT2D eigenvalue weighted by Crippen LogP contribution is 2.19. The van der Waals surface area contributed by atoms with Crippen LogP contribution in [0.25, 0.3) is 22.0 Å². The minimum Gasteiger partial charge on any atom is -0.451 e.